The van der Waals surface area contributed by atoms with Crippen LogP contribution in [0, 0.1) is 34.5 Å². The number of Topliss-reactive ketones (excluding diaryl/α,β-unsaturated/α-hetero) is 1. The maximum atomic E-state index is 12.9. The fraction of sp³-hybridized carbons (Fsp3) is 0.654. The van der Waals surface area contributed by atoms with Crippen LogP contribution in [-0.4, -0.2) is 5.78 Å². The van der Waals surface area contributed by atoms with Gasteiger partial charge < -0.3 is 0 Å². The summed E-state index contributed by atoms with van der Waals surface area (Å²) in [5.41, 5.74) is 3.24. The molecule has 0 bridgehead atoms. The van der Waals surface area contributed by atoms with E-state index in [9.17, 15) is 4.79 Å². The predicted octanol–water partition coefficient (Wildman–Crippen LogP) is 6.68. The van der Waals surface area contributed by atoms with Gasteiger partial charge in [0.25, 0.3) is 0 Å². The number of fused-ring (bicyclic) bond motifs is 5. The largest absolute Gasteiger partial charge is 0.295 e. The van der Waals surface area contributed by atoms with E-state index >= 15 is 0 Å². The van der Waals surface area contributed by atoms with Crippen molar-refractivity contribution >= 4 is 11.9 Å². The van der Waals surface area contributed by atoms with Crippen molar-refractivity contribution in [1.29, 1.82) is 0 Å². The number of hydrogen-bond donors (Lipinski definition) is 0. The third kappa shape index (κ3) is 2.76. The molecule has 0 unspecified atom stereocenters. The Bertz CT molecular complexity index is 762. The molecule has 0 amide bonds. The summed E-state index contributed by atoms with van der Waals surface area (Å²) in [5.74, 6) is 3.73. The second kappa shape index (κ2) is 6.33. The van der Waals surface area contributed by atoms with Crippen LogP contribution in [0.4, 0.5) is 0 Å². The number of hydrogen-bond acceptors (Lipinski definition) is 1. The first kappa shape index (κ1) is 17.7. The van der Waals surface area contributed by atoms with Crippen LogP contribution in [0.1, 0.15) is 77.2 Å². The number of allylic oxidation sites excluding steroid dienone is 1. The van der Waals surface area contributed by atoms with Crippen molar-refractivity contribution in [3.05, 3.63) is 41.5 Å². The first-order valence-corrected chi connectivity index (χ1v) is 11.3. The number of rotatable bonds is 1. The monoisotopic (exact) mass is 362 g/mol. The zero-order valence-electron chi connectivity index (χ0n) is 17.0. The quantitative estimate of drug-likeness (QED) is 0.509. The zero-order chi connectivity index (χ0) is 18.6. The molecule has 0 radical (unpaired) electrons. The van der Waals surface area contributed by atoms with Gasteiger partial charge in [0.15, 0.2) is 5.78 Å². The summed E-state index contributed by atoms with van der Waals surface area (Å²) in [4.78, 5) is 12.9. The Balaban J connectivity index is 1.46. The first-order chi connectivity index (χ1) is 13.0. The molecule has 0 spiro atoms. The summed E-state index contributed by atoms with van der Waals surface area (Å²) in [5, 5.41) is 0. The smallest absolute Gasteiger partial charge is 0.159 e. The molecule has 0 aliphatic heterocycles. The van der Waals surface area contributed by atoms with E-state index in [-0.39, 0.29) is 0 Å². The van der Waals surface area contributed by atoms with E-state index in [1.165, 1.54) is 50.5 Å². The van der Waals surface area contributed by atoms with Gasteiger partial charge in [0.1, 0.15) is 0 Å². The second-order valence-corrected chi connectivity index (χ2v) is 10.6. The van der Waals surface area contributed by atoms with E-state index in [1.807, 2.05) is 0 Å². The Morgan fingerprint density at radius 3 is 2.59 bits per heavy atom. The Hall–Kier alpha value is -1.37. The summed E-state index contributed by atoms with van der Waals surface area (Å²) in [7, 11) is 0. The number of benzene rings is 1. The van der Waals surface area contributed by atoms with E-state index in [1.54, 1.807) is 0 Å². The van der Waals surface area contributed by atoms with Gasteiger partial charge >= 0.3 is 0 Å². The number of carbonyl (C=O) groups excluding carboxylic acids is 1. The zero-order valence-corrected chi connectivity index (χ0v) is 17.0. The summed E-state index contributed by atoms with van der Waals surface area (Å²) >= 11 is 0. The van der Waals surface area contributed by atoms with Gasteiger partial charge in [0, 0.05) is 6.42 Å². The van der Waals surface area contributed by atoms with E-state index in [2.05, 4.69) is 50.3 Å². The highest BCUT2D eigenvalue weighted by Crippen LogP contribution is 2.66. The molecule has 5 rings (SSSR count). The normalized spacial score (nSPS) is 45.3. The van der Waals surface area contributed by atoms with Gasteiger partial charge in [-0.3, -0.25) is 4.79 Å². The molecule has 27 heavy (non-hydrogen) atoms. The minimum atomic E-state index is 0.335. The van der Waals surface area contributed by atoms with Crippen LogP contribution in [-0.2, 0) is 4.79 Å². The molecule has 4 aliphatic carbocycles. The van der Waals surface area contributed by atoms with Gasteiger partial charge in [-0.15, -0.1) is 0 Å². The van der Waals surface area contributed by atoms with Gasteiger partial charge in [0.05, 0.1) is 0 Å². The van der Waals surface area contributed by atoms with E-state index in [0.29, 0.717) is 22.5 Å². The van der Waals surface area contributed by atoms with E-state index in [4.69, 9.17) is 0 Å². The van der Waals surface area contributed by atoms with Crippen LogP contribution in [0.15, 0.2) is 35.9 Å². The Labute approximate surface area is 164 Å². The van der Waals surface area contributed by atoms with E-state index in [0.717, 1.165) is 36.2 Å². The highest BCUT2D eigenvalue weighted by molar-refractivity contribution is 6.00. The molecule has 4 aliphatic rings. The molecule has 4 fully saturated rings. The molecule has 0 aromatic heterocycles. The lowest BCUT2D eigenvalue weighted by Crippen LogP contribution is -2.53. The molecule has 1 heteroatoms. The van der Waals surface area contributed by atoms with E-state index < -0.39 is 0 Å². The summed E-state index contributed by atoms with van der Waals surface area (Å²) in [6.07, 6.45) is 13.9. The minimum absolute atomic E-state index is 0.335. The Morgan fingerprint density at radius 2 is 1.78 bits per heavy atom. The average molecular weight is 363 g/mol. The molecular weight excluding hydrogens is 328 g/mol. The Morgan fingerprint density at radius 1 is 0.963 bits per heavy atom. The lowest BCUT2D eigenvalue weighted by atomic mass is 9.45. The molecule has 1 aromatic rings. The van der Waals surface area contributed by atoms with Crippen molar-refractivity contribution in [2.45, 2.75) is 71.6 Å². The molecule has 0 heterocycles. The maximum Gasteiger partial charge on any atom is 0.159 e. The summed E-state index contributed by atoms with van der Waals surface area (Å²) in [6, 6.07) is 10.5. The van der Waals surface area contributed by atoms with Crippen molar-refractivity contribution < 1.29 is 4.79 Å². The van der Waals surface area contributed by atoms with Crippen molar-refractivity contribution in [3.8, 4) is 0 Å². The fourth-order valence-corrected chi connectivity index (χ4v) is 7.88. The average Bonchev–Trinajstić information content (AvgIpc) is 3.05. The number of carbonyl (C=O) groups is 1. The van der Waals surface area contributed by atoms with Crippen molar-refractivity contribution in [2.75, 3.05) is 0 Å². The summed E-state index contributed by atoms with van der Waals surface area (Å²) in [6.45, 7) is 5.14. The van der Waals surface area contributed by atoms with Crippen molar-refractivity contribution in [3.63, 3.8) is 0 Å². The van der Waals surface area contributed by atoms with Gasteiger partial charge in [-0.05, 0) is 96.7 Å². The highest BCUT2D eigenvalue weighted by atomic mass is 16.1. The molecular formula is C26H34O. The molecule has 144 valence electrons. The summed E-state index contributed by atoms with van der Waals surface area (Å²) < 4.78 is 0. The first-order valence-electron chi connectivity index (χ1n) is 11.3. The van der Waals surface area contributed by atoms with Crippen molar-refractivity contribution in [1.82, 2.24) is 0 Å². The van der Waals surface area contributed by atoms with Gasteiger partial charge in [-0.1, -0.05) is 50.6 Å². The molecule has 0 saturated heterocycles. The van der Waals surface area contributed by atoms with Crippen LogP contribution < -0.4 is 0 Å². The van der Waals surface area contributed by atoms with Gasteiger partial charge in [0.2, 0.25) is 0 Å². The standard InChI is InChI=1S/C26H34O/c1-25-13-6-9-22(25)21-11-10-20-16-24(27)19(15-18-7-4-3-5-8-18)17-26(20,2)23(21)12-14-25/h3-5,7-8,15,20-23H,6,9-14,16-17H2,1-2H3/t20-,21-,22-,23-,25-,26-/m0/s1. The lowest BCUT2D eigenvalue weighted by molar-refractivity contribution is -0.130. The Kier molecular flexibility index (Phi) is 4.15. The van der Waals surface area contributed by atoms with Crippen LogP contribution in [0.5, 0.6) is 0 Å². The number of ketones is 1. The maximum absolute atomic E-state index is 12.9. The molecule has 1 aromatic carbocycles. The van der Waals surface area contributed by atoms with Crippen LogP contribution in [0.2, 0.25) is 0 Å². The third-order valence-corrected chi connectivity index (χ3v) is 9.35. The lowest BCUT2D eigenvalue weighted by Gasteiger charge is -2.60. The van der Waals surface area contributed by atoms with Crippen molar-refractivity contribution in [2.24, 2.45) is 34.5 Å². The van der Waals surface area contributed by atoms with Gasteiger partial charge in [-0.25, -0.2) is 0 Å². The minimum Gasteiger partial charge on any atom is -0.295 e. The SMILES string of the molecule is C[C@@]12CCC[C@H]1[C@@H]1CC[C@H]3CC(=O)C(=Cc4ccccc4)C[C@]3(C)[C@H]1CC2. The van der Waals surface area contributed by atoms with Crippen LogP contribution >= 0.6 is 0 Å². The molecule has 6 atom stereocenters. The van der Waals surface area contributed by atoms with Gasteiger partial charge in [-0.2, -0.15) is 0 Å². The third-order valence-electron chi connectivity index (χ3n) is 9.35. The predicted molar refractivity (Wildman–Crippen MR) is 111 cm³/mol. The fourth-order valence-electron chi connectivity index (χ4n) is 7.88. The van der Waals surface area contributed by atoms with Crippen LogP contribution in [0.25, 0.3) is 6.08 Å². The topological polar surface area (TPSA) is 17.1 Å². The molecule has 0 N–H and O–H groups in total. The molecule has 4 saturated carbocycles. The molecule has 1 nitrogen and oxygen atoms in total. The second-order valence-electron chi connectivity index (χ2n) is 10.6. The highest BCUT2D eigenvalue weighted by Gasteiger charge is 2.58. The van der Waals surface area contributed by atoms with Crippen LogP contribution in [0.3, 0.4) is 0 Å².